The standard InChI is InChI=1S/C19H21F2N5OS/c1-2-11-5-6-15-12(8-23-26(15)9-11)14-10-28-18(24-14)17(27)25-16-13(22)4-3-7-19(16,20)21/h5-6,8-10,13,16H,2-4,7,22H2,1H3,(H,25,27). The average Bonchev–Trinajstić information content (AvgIpc) is 3.30. The molecule has 6 nitrogen and oxygen atoms in total. The third-order valence-corrected chi connectivity index (χ3v) is 6.02. The summed E-state index contributed by atoms with van der Waals surface area (Å²) in [7, 11) is 0. The number of alkyl halides is 2. The van der Waals surface area contributed by atoms with Crippen LogP contribution in [0.3, 0.4) is 0 Å². The van der Waals surface area contributed by atoms with Gasteiger partial charge in [0.15, 0.2) is 5.01 Å². The first-order valence-corrected chi connectivity index (χ1v) is 10.1. The number of nitrogens with two attached hydrogens (primary N) is 1. The Balaban J connectivity index is 1.57. The van der Waals surface area contributed by atoms with E-state index in [-0.39, 0.29) is 11.4 Å². The van der Waals surface area contributed by atoms with Crippen LogP contribution < -0.4 is 11.1 Å². The van der Waals surface area contributed by atoms with Crippen LogP contribution in [-0.4, -0.2) is 38.5 Å². The van der Waals surface area contributed by atoms with Gasteiger partial charge >= 0.3 is 0 Å². The predicted molar refractivity (Wildman–Crippen MR) is 104 cm³/mol. The van der Waals surface area contributed by atoms with Gasteiger partial charge in [0.1, 0.15) is 6.04 Å². The van der Waals surface area contributed by atoms with Crippen LogP contribution in [0.2, 0.25) is 0 Å². The largest absolute Gasteiger partial charge is 0.340 e. The minimum absolute atomic E-state index is 0.133. The summed E-state index contributed by atoms with van der Waals surface area (Å²) in [5.41, 5.74) is 9.24. The van der Waals surface area contributed by atoms with Crippen molar-refractivity contribution in [3.05, 3.63) is 40.5 Å². The summed E-state index contributed by atoms with van der Waals surface area (Å²) in [4.78, 5) is 16.9. The van der Waals surface area contributed by atoms with Crippen molar-refractivity contribution in [3.63, 3.8) is 0 Å². The number of hydrogen-bond donors (Lipinski definition) is 2. The number of aromatic nitrogens is 3. The zero-order valence-electron chi connectivity index (χ0n) is 15.4. The van der Waals surface area contributed by atoms with E-state index in [0.717, 1.165) is 34.4 Å². The number of nitrogens with one attached hydrogen (secondary N) is 1. The highest BCUT2D eigenvalue weighted by Gasteiger charge is 2.46. The molecule has 9 heteroatoms. The highest BCUT2D eigenvalue weighted by Crippen LogP contribution is 2.33. The van der Waals surface area contributed by atoms with Crippen LogP contribution in [0.25, 0.3) is 16.8 Å². The molecule has 1 aliphatic carbocycles. The number of halogens is 2. The number of pyridine rings is 1. The van der Waals surface area contributed by atoms with Crippen molar-refractivity contribution in [2.45, 2.75) is 50.6 Å². The average molecular weight is 405 g/mol. The summed E-state index contributed by atoms with van der Waals surface area (Å²) in [6.07, 6.45) is 5.10. The van der Waals surface area contributed by atoms with Crippen LogP contribution >= 0.6 is 11.3 Å². The van der Waals surface area contributed by atoms with Gasteiger partial charge in [0, 0.05) is 29.6 Å². The number of fused-ring (bicyclic) bond motifs is 1. The topological polar surface area (TPSA) is 85.3 Å². The van der Waals surface area contributed by atoms with Crippen molar-refractivity contribution >= 4 is 22.8 Å². The predicted octanol–water partition coefficient (Wildman–Crippen LogP) is 3.27. The molecule has 2 atom stereocenters. The van der Waals surface area contributed by atoms with E-state index in [4.69, 9.17) is 5.73 Å². The Morgan fingerprint density at radius 3 is 3.04 bits per heavy atom. The van der Waals surface area contributed by atoms with Gasteiger partial charge in [-0.05, 0) is 30.9 Å². The van der Waals surface area contributed by atoms with Gasteiger partial charge in [-0.3, -0.25) is 4.79 Å². The van der Waals surface area contributed by atoms with E-state index < -0.39 is 23.9 Å². The van der Waals surface area contributed by atoms with E-state index in [2.05, 4.69) is 22.3 Å². The highest BCUT2D eigenvalue weighted by atomic mass is 32.1. The zero-order chi connectivity index (χ0) is 19.9. The first-order chi connectivity index (χ1) is 13.4. The van der Waals surface area contributed by atoms with Gasteiger partial charge in [0.2, 0.25) is 0 Å². The molecule has 0 saturated heterocycles. The van der Waals surface area contributed by atoms with Crippen molar-refractivity contribution in [1.29, 1.82) is 0 Å². The Morgan fingerprint density at radius 1 is 1.46 bits per heavy atom. The monoisotopic (exact) mass is 405 g/mol. The van der Waals surface area contributed by atoms with E-state index >= 15 is 0 Å². The molecule has 2 unspecified atom stereocenters. The number of carbonyl (C=O) groups excluding carboxylic acids is 1. The van der Waals surface area contributed by atoms with Crippen molar-refractivity contribution in [2.75, 3.05) is 0 Å². The second-order valence-corrected chi connectivity index (χ2v) is 7.94. The summed E-state index contributed by atoms with van der Waals surface area (Å²) in [5, 5.41) is 8.61. The molecule has 1 aliphatic rings. The number of amides is 1. The molecule has 3 aromatic rings. The zero-order valence-corrected chi connectivity index (χ0v) is 16.2. The lowest BCUT2D eigenvalue weighted by atomic mass is 9.87. The molecule has 4 rings (SSSR count). The molecule has 0 bridgehead atoms. The molecule has 3 aromatic heterocycles. The Bertz CT molecular complexity index is 1010. The lowest BCUT2D eigenvalue weighted by Crippen LogP contribution is -2.59. The minimum atomic E-state index is -3.01. The second-order valence-electron chi connectivity index (χ2n) is 7.09. The first kappa shape index (κ1) is 18.9. The molecule has 28 heavy (non-hydrogen) atoms. The summed E-state index contributed by atoms with van der Waals surface area (Å²) in [6.45, 7) is 2.07. The Kier molecular flexibility index (Phi) is 4.88. The van der Waals surface area contributed by atoms with Gasteiger partial charge in [-0.1, -0.05) is 13.0 Å². The van der Waals surface area contributed by atoms with Gasteiger partial charge < -0.3 is 11.1 Å². The van der Waals surface area contributed by atoms with Crippen LogP contribution in [-0.2, 0) is 6.42 Å². The smallest absolute Gasteiger partial charge is 0.280 e. The van der Waals surface area contributed by atoms with Crippen molar-refractivity contribution in [2.24, 2.45) is 5.73 Å². The molecule has 148 valence electrons. The number of hydrogen-bond acceptors (Lipinski definition) is 5. The van der Waals surface area contributed by atoms with Crippen molar-refractivity contribution in [3.8, 4) is 11.3 Å². The van der Waals surface area contributed by atoms with Crippen LogP contribution in [0, 0.1) is 0 Å². The Morgan fingerprint density at radius 2 is 2.29 bits per heavy atom. The fraction of sp³-hybridized carbons (Fsp3) is 0.421. The third-order valence-electron chi connectivity index (χ3n) is 5.18. The van der Waals surface area contributed by atoms with E-state index in [1.165, 1.54) is 0 Å². The number of carbonyl (C=O) groups is 1. The van der Waals surface area contributed by atoms with Crippen LogP contribution in [0.4, 0.5) is 8.78 Å². The van der Waals surface area contributed by atoms with Gasteiger partial charge in [-0.25, -0.2) is 18.3 Å². The number of thiazole rings is 1. The molecule has 1 amide bonds. The fourth-order valence-corrected chi connectivity index (χ4v) is 4.28. The first-order valence-electron chi connectivity index (χ1n) is 9.25. The van der Waals surface area contributed by atoms with E-state index in [9.17, 15) is 13.6 Å². The maximum Gasteiger partial charge on any atom is 0.280 e. The molecule has 0 aromatic carbocycles. The third kappa shape index (κ3) is 3.40. The lowest BCUT2D eigenvalue weighted by molar-refractivity contribution is -0.0674. The molecule has 0 aliphatic heterocycles. The quantitative estimate of drug-likeness (QED) is 0.698. The lowest BCUT2D eigenvalue weighted by Gasteiger charge is -2.36. The molecule has 3 heterocycles. The Labute approximate surface area is 164 Å². The minimum Gasteiger partial charge on any atom is -0.340 e. The number of aryl methyl sites for hydroxylation is 1. The summed E-state index contributed by atoms with van der Waals surface area (Å²) in [5.74, 6) is -3.63. The molecule has 3 N–H and O–H groups in total. The maximum absolute atomic E-state index is 14.1. The van der Waals surface area contributed by atoms with E-state index in [1.807, 2.05) is 18.3 Å². The van der Waals surface area contributed by atoms with Crippen molar-refractivity contribution in [1.82, 2.24) is 19.9 Å². The Hall–Kier alpha value is -2.39. The van der Waals surface area contributed by atoms with Crippen LogP contribution in [0.1, 0.15) is 41.6 Å². The summed E-state index contributed by atoms with van der Waals surface area (Å²) in [6, 6.07) is 1.85. The fourth-order valence-electron chi connectivity index (χ4n) is 3.56. The van der Waals surface area contributed by atoms with E-state index in [0.29, 0.717) is 18.5 Å². The molecule has 0 radical (unpaired) electrons. The van der Waals surface area contributed by atoms with Crippen molar-refractivity contribution < 1.29 is 13.6 Å². The van der Waals surface area contributed by atoms with E-state index in [1.54, 1.807) is 16.1 Å². The molecule has 0 spiro atoms. The normalized spacial score (nSPS) is 21.7. The van der Waals surface area contributed by atoms with Crippen LogP contribution in [0.15, 0.2) is 29.9 Å². The SMILES string of the molecule is CCc1ccc2c(-c3csc(C(=O)NC4C(N)CCCC4(F)F)n3)cnn2c1. The summed E-state index contributed by atoms with van der Waals surface area (Å²) >= 11 is 1.12. The van der Waals surface area contributed by atoms with Gasteiger partial charge in [0.05, 0.1) is 17.4 Å². The van der Waals surface area contributed by atoms with Crippen LogP contribution in [0.5, 0.6) is 0 Å². The van der Waals surface area contributed by atoms with Gasteiger partial charge in [-0.2, -0.15) is 5.10 Å². The molecule has 1 fully saturated rings. The number of nitrogens with zero attached hydrogens (tertiary/aromatic N) is 3. The highest BCUT2D eigenvalue weighted by molar-refractivity contribution is 7.12. The summed E-state index contributed by atoms with van der Waals surface area (Å²) < 4.78 is 30.0. The maximum atomic E-state index is 14.1. The number of rotatable bonds is 4. The molecular formula is C19H21F2N5OS. The van der Waals surface area contributed by atoms with Gasteiger partial charge in [-0.15, -0.1) is 11.3 Å². The van der Waals surface area contributed by atoms with Gasteiger partial charge in [0.25, 0.3) is 11.8 Å². The molecule has 1 saturated carbocycles. The molecular weight excluding hydrogens is 384 g/mol. The second kappa shape index (κ2) is 7.21.